The van der Waals surface area contributed by atoms with Crippen molar-refractivity contribution in [2.24, 2.45) is 0 Å². The van der Waals surface area contributed by atoms with Crippen molar-refractivity contribution in [2.45, 2.75) is 5.92 Å². The van der Waals surface area contributed by atoms with E-state index in [0.29, 0.717) is 17.1 Å². The van der Waals surface area contributed by atoms with Gasteiger partial charge in [0.05, 0.1) is 0 Å². The number of rotatable bonds is 18. The average molecular weight is 716 g/mol. The Labute approximate surface area is 299 Å². The fraction of sp³-hybridized carbons (Fsp3) is 0.189. The van der Waals surface area contributed by atoms with E-state index in [0.717, 1.165) is 34.9 Å². The molecule has 0 aliphatic rings. The molecule has 0 fully saturated rings. The fourth-order valence-electron chi connectivity index (χ4n) is 4.32. The van der Waals surface area contributed by atoms with Crippen LogP contribution < -0.4 is 16.0 Å². The molecule has 3 rings (SSSR count). The Bertz CT molecular complexity index is 1520. The van der Waals surface area contributed by atoms with Crippen molar-refractivity contribution in [3.8, 4) is 0 Å². The third kappa shape index (κ3) is 13.9. The number of ether oxygens (including phenoxy) is 6. The van der Waals surface area contributed by atoms with Gasteiger partial charge in [0, 0.05) is 41.2 Å². The van der Waals surface area contributed by atoms with Gasteiger partial charge in [-0.25, -0.2) is 28.8 Å². The van der Waals surface area contributed by atoms with Crippen LogP contribution in [0.4, 0.5) is 31.4 Å². The van der Waals surface area contributed by atoms with E-state index in [1.165, 1.54) is 0 Å². The smallest absolute Gasteiger partial charge is 0.411 e. The van der Waals surface area contributed by atoms with Crippen LogP contribution in [0, 0.1) is 0 Å². The molecule has 3 N–H and O–H groups in total. The zero-order chi connectivity index (χ0) is 37.7. The Morgan fingerprint density at radius 1 is 0.423 bits per heavy atom. The lowest BCUT2D eigenvalue weighted by molar-refractivity contribution is -0.139. The molecule has 0 heterocycles. The summed E-state index contributed by atoms with van der Waals surface area (Å²) in [5.41, 5.74) is 3.84. The van der Waals surface area contributed by atoms with Gasteiger partial charge < -0.3 is 28.4 Å². The van der Waals surface area contributed by atoms with E-state index in [1.807, 2.05) is 36.4 Å². The van der Waals surface area contributed by atoms with Crippen LogP contribution >= 0.6 is 0 Å². The maximum Gasteiger partial charge on any atom is 0.411 e. The number of hydrogen-bond acceptors (Lipinski definition) is 12. The molecule has 15 heteroatoms. The van der Waals surface area contributed by atoms with Crippen LogP contribution in [0.15, 0.2) is 111 Å². The van der Waals surface area contributed by atoms with E-state index in [4.69, 9.17) is 28.4 Å². The van der Waals surface area contributed by atoms with Crippen LogP contribution in [0.25, 0.3) is 0 Å². The van der Waals surface area contributed by atoms with Crippen LogP contribution in [0.2, 0.25) is 0 Å². The van der Waals surface area contributed by atoms with Crippen molar-refractivity contribution in [1.29, 1.82) is 0 Å². The number of hydrogen-bond donors (Lipinski definition) is 3. The first-order chi connectivity index (χ1) is 25.1. The second-order valence-electron chi connectivity index (χ2n) is 10.2. The van der Waals surface area contributed by atoms with Gasteiger partial charge in [-0.15, -0.1) is 0 Å². The van der Waals surface area contributed by atoms with Gasteiger partial charge >= 0.3 is 36.2 Å². The van der Waals surface area contributed by atoms with E-state index in [9.17, 15) is 28.8 Å². The molecule has 272 valence electrons. The summed E-state index contributed by atoms with van der Waals surface area (Å²) >= 11 is 0. The topological polar surface area (TPSA) is 194 Å². The molecule has 0 saturated carbocycles. The first kappa shape index (κ1) is 39.5. The van der Waals surface area contributed by atoms with Crippen LogP contribution in [0.1, 0.15) is 22.6 Å². The van der Waals surface area contributed by atoms with E-state index in [2.05, 4.69) is 35.7 Å². The highest BCUT2D eigenvalue weighted by atomic mass is 16.6. The molecule has 0 spiro atoms. The number of benzene rings is 3. The summed E-state index contributed by atoms with van der Waals surface area (Å²) < 4.78 is 29.4. The van der Waals surface area contributed by atoms with Gasteiger partial charge in [0.2, 0.25) is 0 Å². The molecule has 15 nitrogen and oxygen atoms in total. The molecule has 0 aliphatic carbocycles. The number of carbonyl (C=O) groups excluding carboxylic acids is 6. The SMILES string of the molecule is C=CC(=O)OCCOC(=O)Nc1ccc(C(c2ccc(NC(=O)OCCOC(=O)C=C)cc2)c2ccc(NC(=O)OCCOC(=O)C=C)cc2)cc1. The summed E-state index contributed by atoms with van der Waals surface area (Å²) in [6.45, 7) is 9.07. The van der Waals surface area contributed by atoms with Crippen molar-refractivity contribution in [3.63, 3.8) is 0 Å². The summed E-state index contributed by atoms with van der Waals surface area (Å²) in [5.74, 6) is -2.23. The summed E-state index contributed by atoms with van der Waals surface area (Å²) in [6.07, 6.45) is 0.800. The van der Waals surface area contributed by atoms with Gasteiger partial charge in [-0.1, -0.05) is 56.1 Å². The van der Waals surface area contributed by atoms with Gasteiger partial charge in [-0.05, 0) is 53.1 Å². The van der Waals surface area contributed by atoms with Crippen LogP contribution in [0.5, 0.6) is 0 Å². The van der Waals surface area contributed by atoms with Crippen LogP contribution in [-0.4, -0.2) is 75.8 Å². The Hall–Kier alpha value is -6.90. The largest absolute Gasteiger partial charge is 0.459 e. The molecule has 0 radical (unpaired) electrons. The van der Waals surface area contributed by atoms with E-state index >= 15 is 0 Å². The highest BCUT2D eigenvalue weighted by Crippen LogP contribution is 2.34. The molecular formula is C37H37N3O12. The first-order valence-corrected chi connectivity index (χ1v) is 15.6. The van der Waals surface area contributed by atoms with E-state index < -0.39 is 36.2 Å². The first-order valence-electron chi connectivity index (χ1n) is 15.6. The minimum absolute atomic E-state index is 0.121. The lowest BCUT2D eigenvalue weighted by Gasteiger charge is -2.20. The summed E-state index contributed by atoms with van der Waals surface area (Å²) in [6, 6.07) is 21.1. The highest BCUT2D eigenvalue weighted by Gasteiger charge is 2.18. The molecule has 3 amide bonds. The van der Waals surface area contributed by atoms with Gasteiger partial charge in [0.1, 0.15) is 39.6 Å². The Balaban J connectivity index is 1.72. The van der Waals surface area contributed by atoms with Crippen molar-refractivity contribution in [1.82, 2.24) is 0 Å². The third-order valence-corrected chi connectivity index (χ3v) is 6.65. The van der Waals surface area contributed by atoms with E-state index in [1.54, 1.807) is 36.4 Å². The van der Waals surface area contributed by atoms with Gasteiger partial charge in [0.25, 0.3) is 0 Å². The number of amides is 3. The quantitative estimate of drug-likeness (QED) is 0.0479. The maximum absolute atomic E-state index is 12.2. The second-order valence-corrected chi connectivity index (χ2v) is 10.2. The van der Waals surface area contributed by atoms with Gasteiger partial charge in [-0.3, -0.25) is 16.0 Å². The summed E-state index contributed by atoms with van der Waals surface area (Å²) in [4.78, 5) is 70.0. The summed E-state index contributed by atoms with van der Waals surface area (Å²) in [7, 11) is 0. The number of carbonyl (C=O) groups is 6. The molecular weight excluding hydrogens is 678 g/mol. The predicted octanol–water partition coefficient (Wildman–Crippen LogP) is 5.70. The minimum atomic E-state index is -0.738. The average Bonchev–Trinajstić information content (AvgIpc) is 3.15. The third-order valence-electron chi connectivity index (χ3n) is 6.65. The predicted molar refractivity (Wildman–Crippen MR) is 189 cm³/mol. The van der Waals surface area contributed by atoms with E-state index in [-0.39, 0.29) is 45.6 Å². The number of esters is 3. The standard InChI is InChI=1S/C37H37N3O12/c1-4-31(41)47-19-22-50-35(44)38-28-13-7-25(8-14-28)34(26-9-15-29(16-10-26)39-36(45)51-23-20-48-32(42)5-2)27-11-17-30(18-12-27)40-37(46)52-24-21-49-33(43)6-3/h4-18,34H,1-3,19-24H2,(H,38,44)(H,39,45)(H,40,46). The van der Waals surface area contributed by atoms with Crippen molar-refractivity contribution in [2.75, 3.05) is 55.6 Å². The molecule has 3 aromatic carbocycles. The van der Waals surface area contributed by atoms with Crippen LogP contribution in [0.3, 0.4) is 0 Å². The minimum Gasteiger partial charge on any atom is -0.459 e. The van der Waals surface area contributed by atoms with Crippen LogP contribution in [-0.2, 0) is 42.8 Å². The maximum atomic E-state index is 12.2. The molecule has 0 saturated heterocycles. The molecule has 0 unspecified atom stereocenters. The van der Waals surface area contributed by atoms with Crippen molar-refractivity contribution in [3.05, 3.63) is 127 Å². The fourth-order valence-corrected chi connectivity index (χ4v) is 4.32. The Kier molecular flexibility index (Phi) is 16.2. The normalized spacial score (nSPS) is 10.1. The molecule has 52 heavy (non-hydrogen) atoms. The Morgan fingerprint density at radius 3 is 0.885 bits per heavy atom. The molecule has 0 aromatic heterocycles. The lowest BCUT2D eigenvalue weighted by Crippen LogP contribution is -2.18. The van der Waals surface area contributed by atoms with Gasteiger partial charge in [0.15, 0.2) is 0 Å². The Morgan fingerprint density at radius 2 is 0.654 bits per heavy atom. The number of anilines is 3. The second kappa shape index (κ2) is 21.2. The number of nitrogens with one attached hydrogen (secondary N) is 3. The summed E-state index contributed by atoms with van der Waals surface area (Å²) in [5, 5.41) is 7.83. The van der Waals surface area contributed by atoms with Gasteiger partial charge in [-0.2, -0.15) is 0 Å². The van der Waals surface area contributed by atoms with Crippen molar-refractivity contribution >= 4 is 53.2 Å². The molecule has 0 atom stereocenters. The molecule has 0 bridgehead atoms. The molecule has 0 aliphatic heterocycles. The zero-order valence-corrected chi connectivity index (χ0v) is 28.0. The lowest BCUT2D eigenvalue weighted by atomic mass is 9.85. The molecule has 3 aromatic rings. The zero-order valence-electron chi connectivity index (χ0n) is 28.0. The highest BCUT2D eigenvalue weighted by molar-refractivity contribution is 5.86. The monoisotopic (exact) mass is 715 g/mol. The van der Waals surface area contributed by atoms with Crippen molar-refractivity contribution < 1.29 is 57.2 Å².